The summed E-state index contributed by atoms with van der Waals surface area (Å²) in [6, 6.07) is 18.4. The zero-order valence-corrected chi connectivity index (χ0v) is 18.6. The number of amides is 2. The number of piperidine rings is 1. The third-order valence-corrected chi connectivity index (χ3v) is 5.83. The first kappa shape index (κ1) is 21.8. The molecule has 0 aliphatic carbocycles. The van der Waals surface area contributed by atoms with Gasteiger partial charge in [-0.05, 0) is 61.7 Å². The molecule has 0 unspecified atom stereocenters. The predicted molar refractivity (Wildman–Crippen MR) is 128 cm³/mol. The molecule has 4 rings (SSSR count). The molecule has 7 heteroatoms. The Morgan fingerprint density at radius 1 is 1.00 bits per heavy atom. The second kappa shape index (κ2) is 9.83. The standard InChI is InChI=1S/C25H25ClN4O2/c1-17-5-4-6-20(15-17)28-25(32)21-7-2-3-8-22(21)29-24(31)18-11-13-30(14-12-18)23-10-9-19(26)16-27-23/h2-10,15-16,18H,11-14H2,1H3,(H,28,32)(H,29,31). The number of aryl methyl sites for hydroxylation is 1. The molecule has 0 radical (unpaired) electrons. The van der Waals surface area contributed by atoms with E-state index in [4.69, 9.17) is 11.6 Å². The van der Waals surface area contributed by atoms with Crippen LogP contribution in [0.15, 0.2) is 66.9 Å². The fourth-order valence-corrected chi connectivity index (χ4v) is 3.98. The molecule has 0 saturated carbocycles. The number of carbonyl (C=O) groups is 2. The molecule has 1 fully saturated rings. The Kier molecular flexibility index (Phi) is 6.71. The van der Waals surface area contributed by atoms with E-state index in [9.17, 15) is 9.59 Å². The molecule has 164 valence electrons. The van der Waals surface area contributed by atoms with Gasteiger partial charge in [0.1, 0.15) is 5.82 Å². The molecule has 2 heterocycles. The van der Waals surface area contributed by atoms with E-state index >= 15 is 0 Å². The van der Waals surface area contributed by atoms with Crippen LogP contribution in [-0.4, -0.2) is 29.9 Å². The Hall–Kier alpha value is -3.38. The topological polar surface area (TPSA) is 74.3 Å². The highest BCUT2D eigenvalue weighted by molar-refractivity contribution is 6.30. The van der Waals surface area contributed by atoms with Crippen molar-refractivity contribution in [2.45, 2.75) is 19.8 Å². The molecule has 1 aliphatic rings. The van der Waals surface area contributed by atoms with Crippen LogP contribution in [0.2, 0.25) is 5.02 Å². The summed E-state index contributed by atoms with van der Waals surface area (Å²) in [6.07, 6.45) is 3.07. The van der Waals surface area contributed by atoms with Crippen LogP contribution in [0.25, 0.3) is 0 Å². The Balaban J connectivity index is 1.38. The van der Waals surface area contributed by atoms with Gasteiger partial charge in [0.25, 0.3) is 5.91 Å². The van der Waals surface area contributed by atoms with Crippen LogP contribution in [-0.2, 0) is 4.79 Å². The Labute approximate surface area is 192 Å². The van der Waals surface area contributed by atoms with Crippen molar-refractivity contribution < 1.29 is 9.59 Å². The molecule has 32 heavy (non-hydrogen) atoms. The van der Waals surface area contributed by atoms with Crippen molar-refractivity contribution in [2.24, 2.45) is 5.92 Å². The van der Waals surface area contributed by atoms with Crippen LogP contribution >= 0.6 is 11.6 Å². The lowest BCUT2D eigenvalue weighted by Crippen LogP contribution is -2.38. The van der Waals surface area contributed by atoms with Crippen LogP contribution < -0.4 is 15.5 Å². The molecule has 3 aromatic rings. The van der Waals surface area contributed by atoms with Gasteiger partial charge in [0.15, 0.2) is 0 Å². The fourth-order valence-electron chi connectivity index (χ4n) is 3.87. The normalized spacial score (nSPS) is 14.1. The van der Waals surface area contributed by atoms with E-state index in [2.05, 4.69) is 20.5 Å². The van der Waals surface area contributed by atoms with Crippen LogP contribution in [0, 0.1) is 12.8 Å². The first-order valence-electron chi connectivity index (χ1n) is 10.6. The van der Waals surface area contributed by atoms with E-state index in [1.165, 1.54) is 0 Å². The molecule has 0 bridgehead atoms. The van der Waals surface area contributed by atoms with E-state index in [1.54, 1.807) is 24.4 Å². The number of anilines is 3. The van der Waals surface area contributed by atoms with Crippen molar-refractivity contribution in [3.63, 3.8) is 0 Å². The summed E-state index contributed by atoms with van der Waals surface area (Å²) in [5, 5.41) is 6.48. The monoisotopic (exact) mass is 448 g/mol. The van der Waals surface area contributed by atoms with Crippen LogP contribution in [0.5, 0.6) is 0 Å². The minimum absolute atomic E-state index is 0.0653. The van der Waals surface area contributed by atoms with E-state index in [1.807, 2.05) is 49.4 Å². The third kappa shape index (κ3) is 5.26. The van der Waals surface area contributed by atoms with Gasteiger partial charge in [-0.15, -0.1) is 0 Å². The molecule has 1 saturated heterocycles. The average molecular weight is 449 g/mol. The lowest BCUT2D eigenvalue weighted by atomic mass is 9.95. The number of pyridine rings is 1. The molecule has 6 nitrogen and oxygen atoms in total. The SMILES string of the molecule is Cc1cccc(NC(=O)c2ccccc2NC(=O)C2CCN(c3ccc(Cl)cn3)CC2)c1. The molecular formula is C25H25ClN4O2. The van der Waals surface area contributed by atoms with Gasteiger partial charge in [-0.2, -0.15) is 0 Å². The lowest BCUT2D eigenvalue weighted by molar-refractivity contribution is -0.120. The zero-order valence-electron chi connectivity index (χ0n) is 17.8. The number of hydrogen-bond acceptors (Lipinski definition) is 4. The van der Waals surface area contributed by atoms with Crippen molar-refractivity contribution in [2.75, 3.05) is 28.6 Å². The molecule has 0 spiro atoms. The highest BCUT2D eigenvalue weighted by Crippen LogP contribution is 2.25. The van der Waals surface area contributed by atoms with Gasteiger partial charge < -0.3 is 15.5 Å². The third-order valence-electron chi connectivity index (χ3n) is 5.61. The summed E-state index contributed by atoms with van der Waals surface area (Å²) in [7, 11) is 0. The first-order valence-corrected chi connectivity index (χ1v) is 11.0. The molecule has 2 N–H and O–H groups in total. The van der Waals surface area contributed by atoms with Gasteiger partial charge in [-0.3, -0.25) is 9.59 Å². The molecule has 1 aliphatic heterocycles. The number of nitrogens with one attached hydrogen (secondary N) is 2. The minimum Gasteiger partial charge on any atom is -0.357 e. The minimum atomic E-state index is -0.255. The summed E-state index contributed by atoms with van der Waals surface area (Å²) in [5.41, 5.74) is 2.73. The van der Waals surface area contributed by atoms with E-state index < -0.39 is 0 Å². The highest BCUT2D eigenvalue weighted by atomic mass is 35.5. The van der Waals surface area contributed by atoms with Crippen molar-refractivity contribution >= 4 is 40.6 Å². The maximum atomic E-state index is 12.9. The van der Waals surface area contributed by atoms with Gasteiger partial charge in [0.2, 0.25) is 5.91 Å². The van der Waals surface area contributed by atoms with E-state index in [0.717, 1.165) is 30.2 Å². The number of rotatable bonds is 5. The van der Waals surface area contributed by atoms with Gasteiger partial charge in [-0.1, -0.05) is 35.9 Å². The number of halogens is 1. The first-order chi connectivity index (χ1) is 15.5. The fraction of sp³-hybridized carbons (Fsp3) is 0.240. The number of aromatic nitrogens is 1. The molecule has 2 amide bonds. The molecular weight excluding hydrogens is 424 g/mol. The average Bonchev–Trinajstić information content (AvgIpc) is 2.80. The van der Waals surface area contributed by atoms with Gasteiger partial charge in [-0.25, -0.2) is 4.98 Å². The maximum absolute atomic E-state index is 12.9. The Morgan fingerprint density at radius 2 is 1.78 bits per heavy atom. The summed E-state index contributed by atoms with van der Waals surface area (Å²) in [4.78, 5) is 32.3. The molecule has 2 aromatic carbocycles. The number of hydrogen-bond donors (Lipinski definition) is 2. The largest absolute Gasteiger partial charge is 0.357 e. The molecule has 0 atom stereocenters. The number of para-hydroxylation sites is 1. The van der Waals surface area contributed by atoms with Gasteiger partial charge >= 0.3 is 0 Å². The summed E-state index contributed by atoms with van der Waals surface area (Å²) >= 11 is 5.92. The number of nitrogens with zero attached hydrogens (tertiary/aromatic N) is 2. The summed E-state index contributed by atoms with van der Waals surface area (Å²) in [6.45, 7) is 3.45. The molecule has 1 aromatic heterocycles. The Bertz CT molecular complexity index is 1110. The highest BCUT2D eigenvalue weighted by Gasteiger charge is 2.26. The van der Waals surface area contributed by atoms with E-state index in [0.29, 0.717) is 29.1 Å². The van der Waals surface area contributed by atoms with Crippen molar-refractivity contribution in [3.8, 4) is 0 Å². The van der Waals surface area contributed by atoms with Gasteiger partial charge in [0, 0.05) is 30.9 Å². The second-order valence-electron chi connectivity index (χ2n) is 7.95. The maximum Gasteiger partial charge on any atom is 0.257 e. The van der Waals surface area contributed by atoms with Crippen molar-refractivity contribution in [1.29, 1.82) is 0 Å². The smallest absolute Gasteiger partial charge is 0.257 e. The van der Waals surface area contributed by atoms with Crippen molar-refractivity contribution in [3.05, 3.63) is 83.0 Å². The van der Waals surface area contributed by atoms with Gasteiger partial charge in [0.05, 0.1) is 16.3 Å². The lowest BCUT2D eigenvalue weighted by Gasteiger charge is -2.32. The summed E-state index contributed by atoms with van der Waals surface area (Å²) < 4.78 is 0. The van der Waals surface area contributed by atoms with Crippen LogP contribution in [0.1, 0.15) is 28.8 Å². The van der Waals surface area contributed by atoms with Crippen molar-refractivity contribution in [1.82, 2.24) is 4.98 Å². The quantitative estimate of drug-likeness (QED) is 0.566. The second-order valence-corrected chi connectivity index (χ2v) is 8.39. The number of carbonyl (C=O) groups excluding carboxylic acids is 2. The zero-order chi connectivity index (χ0) is 22.5. The van der Waals surface area contributed by atoms with Crippen LogP contribution in [0.4, 0.5) is 17.2 Å². The van der Waals surface area contributed by atoms with Crippen LogP contribution in [0.3, 0.4) is 0 Å². The summed E-state index contributed by atoms with van der Waals surface area (Å²) in [5.74, 6) is 0.428. The number of benzene rings is 2. The predicted octanol–water partition coefficient (Wildman–Crippen LogP) is 5.15. The Morgan fingerprint density at radius 3 is 2.50 bits per heavy atom. The van der Waals surface area contributed by atoms with E-state index in [-0.39, 0.29) is 17.7 Å².